The SMILES string of the molecule is CCC1Nc2ccc(CS(=O)O)cc2N1c1ccc(CCNC(=O)NS(=O)(=O)c2ccc(CN)cc2)cc1. The van der Waals surface area contributed by atoms with Crippen molar-refractivity contribution in [1.82, 2.24) is 10.0 Å². The van der Waals surface area contributed by atoms with Gasteiger partial charge in [0.05, 0.1) is 22.0 Å². The van der Waals surface area contributed by atoms with Crippen molar-refractivity contribution in [2.24, 2.45) is 5.73 Å². The van der Waals surface area contributed by atoms with Crippen LogP contribution in [0.15, 0.2) is 71.6 Å². The van der Waals surface area contributed by atoms with Crippen LogP contribution >= 0.6 is 0 Å². The van der Waals surface area contributed by atoms with Crippen LogP contribution in [-0.4, -0.2) is 35.9 Å². The molecule has 2 amide bonds. The highest BCUT2D eigenvalue weighted by atomic mass is 32.2. The standard InChI is InChI=1S/C26H31N5O5S2/c1-2-25-29-23-12-7-20(17-37(33)34)15-24(23)31(25)21-8-3-18(4-9-21)13-14-28-26(32)30-38(35,36)22-10-5-19(16-27)6-11-22/h3-12,15,25,29H,2,13-14,16-17,27H2,1H3,(H,33,34)(H2,28,30,32). The van der Waals surface area contributed by atoms with Crippen LogP contribution in [0.25, 0.3) is 0 Å². The lowest BCUT2D eigenvalue weighted by Crippen LogP contribution is -2.40. The molecule has 0 radical (unpaired) electrons. The second-order valence-corrected chi connectivity index (χ2v) is 11.5. The zero-order chi connectivity index (χ0) is 27.3. The number of sulfonamides is 1. The number of nitrogens with zero attached hydrogens (tertiary/aromatic N) is 1. The van der Waals surface area contributed by atoms with Crippen molar-refractivity contribution >= 4 is 44.2 Å². The number of amides is 2. The highest BCUT2D eigenvalue weighted by Gasteiger charge is 2.29. The number of nitrogens with two attached hydrogens (primary N) is 1. The van der Waals surface area contributed by atoms with E-state index in [-0.39, 0.29) is 23.4 Å². The average molecular weight is 558 g/mol. The molecular formula is C26H31N5O5S2. The minimum atomic E-state index is -3.98. The van der Waals surface area contributed by atoms with Crippen LogP contribution in [0, 0.1) is 0 Å². The fourth-order valence-electron chi connectivity index (χ4n) is 4.31. The number of benzene rings is 3. The first kappa shape index (κ1) is 27.6. The maximum absolute atomic E-state index is 12.4. The topological polar surface area (TPSA) is 154 Å². The van der Waals surface area contributed by atoms with E-state index in [1.165, 1.54) is 12.1 Å². The number of carbonyl (C=O) groups is 1. The summed E-state index contributed by atoms with van der Waals surface area (Å²) in [5.41, 5.74) is 11.0. The third kappa shape index (κ3) is 6.51. The quantitative estimate of drug-likeness (QED) is 0.238. The van der Waals surface area contributed by atoms with Gasteiger partial charge in [-0.2, -0.15) is 0 Å². The molecule has 12 heteroatoms. The summed E-state index contributed by atoms with van der Waals surface area (Å²) >= 11 is -1.92. The van der Waals surface area contributed by atoms with Gasteiger partial charge in [0, 0.05) is 18.8 Å². The lowest BCUT2D eigenvalue weighted by molar-refractivity contribution is 0.246. The maximum atomic E-state index is 12.4. The number of hydrogen-bond acceptors (Lipinski definition) is 7. The molecule has 38 heavy (non-hydrogen) atoms. The second-order valence-electron chi connectivity index (χ2n) is 8.88. The zero-order valence-corrected chi connectivity index (χ0v) is 22.5. The fraction of sp³-hybridized carbons (Fsp3) is 0.269. The average Bonchev–Trinajstić information content (AvgIpc) is 3.26. The van der Waals surface area contributed by atoms with Crippen molar-refractivity contribution < 1.29 is 22.0 Å². The first-order valence-corrected chi connectivity index (χ1v) is 14.9. The normalized spacial score (nSPS) is 15.4. The Balaban J connectivity index is 1.36. The van der Waals surface area contributed by atoms with Gasteiger partial charge in [-0.25, -0.2) is 22.1 Å². The van der Waals surface area contributed by atoms with E-state index >= 15 is 0 Å². The summed E-state index contributed by atoms with van der Waals surface area (Å²) in [5.74, 6) is 0.0687. The van der Waals surface area contributed by atoms with Gasteiger partial charge in [0.15, 0.2) is 11.1 Å². The van der Waals surface area contributed by atoms with Gasteiger partial charge in [0.1, 0.15) is 6.17 Å². The molecule has 0 aromatic heterocycles. The fourth-order valence-corrected chi connectivity index (χ4v) is 5.71. The molecule has 4 rings (SSSR count). The van der Waals surface area contributed by atoms with Crippen molar-refractivity contribution in [2.45, 2.75) is 43.1 Å². The van der Waals surface area contributed by atoms with Crippen molar-refractivity contribution in [3.63, 3.8) is 0 Å². The van der Waals surface area contributed by atoms with E-state index < -0.39 is 27.1 Å². The number of fused-ring (bicyclic) bond motifs is 1. The smallest absolute Gasteiger partial charge is 0.328 e. The third-order valence-electron chi connectivity index (χ3n) is 6.24. The van der Waals surface area contributed by atoms with Gasteiger partial charge in [-0.1, -0.05) is 37.3 Å². The van der Waals surface area contributed by atoms with E-state index in [1.807, 2.05) is 47.2 Å². The zero-order valence-electron chi connectivity index (χ0n) is 20.9. The van der Waals surface area contributed by atoms with Crippen LogP contribution in [0.2, 0.25) is 0 Å². The number of hydrogen-bond donors (Lipinski definition) is 5. The lowest BCUT2D eigenvalue weighted by Gasteiger charge is -2.26. The first-order valence-electron chi connectivity index (χ1n) is 12.1. The third-order valence-corrected chi connectivity index (χ3v) is 8.17. The van der Waals surface area contributed by atoms with Crippen LogP contribution in [-0.2, 0) is 39.8 Å². The molecule has 10 nitrogen and oxygen atoms in total. The molecule has 0 saturated carbocycles. The molecule has 0 saturated heterocycles. The van der Waals surface area contributed by atoms with Gasteiger partial charge < -0.3 is 25.8 Å². The number of rotatable bonds is 10. The van der Waals surface area contributed by atoms with Gasteiger partial charge in [-0.3, -0.25) is 0 Å². The monoisotopic (exact) mass is 557 g/mol. The molecular weight excluding hydrogens is 526 g/mol. The van der Waals surface area contributed by atoms with Crippen LogP contribution in [0.5, 0.6) is 0 Å². The highest BCUT2D eigenvalue weighted by molar-refractivity contribution is 7.90. The molecule has 3 aromatic carbocycles. The van der Waals surface area contributed by atoms with Crippen LogP contribution in [0.4, 0.5) is 21.9 Å². The second kappa shape index (κ2) is 11.9. The van der Waals surface area contributed by atoms with Crippen LogP contribution in [0.1, 0.15) is 30.0 Å². The lowest BCUT2D eigenvalue weighted by atomic mass is 10.1. The molecule has 3 aromatic rings. The Hall–Kier alpha value is -3.45. The van der Waals surface area contributed by atoms with Crippen molar-refractivity contribution in [3.05, 3.63) is 83.4 Å². The van der Waals surface area contributed by atoms with Gasteiger partial charge in [0.25, 0.3) is 10.0 Å². The van der Waals surface area contributed by atoms with E-state index in [4.69, 9.17) is 5.73 Å². The van der Waals surface area contributed by atoms with Gasteiger partial charge in [0.2, 0.25) is 0 Å². The Morgan fingerprint density at radius 3 is 2.34 bits per heavy atom. The Morgan fingerprint density at radius 2 is 1.71 bits per heavy atom. The summed E-state index contributed by atoms with van der Waals surface area (Å²) in [6.45, 7) is 2.63. The Bertz CT molecular complexity index is 1410. The van der Waals surface area contributed by atoms with E-state index in [2.05, 4.69) is 22.5 Å². The molecule has 1 aliphatic heterocycles. The largest absolute Gasteiger partial charge is 0.363 e. The summed E-state index contributed by atoms with van der Waals surface area (Å²) in [5, 5.41) is 6.07. The molecule has 0 bridgehead atoms. The van der Waals surface area contributed by atoms with E-state index in [0.717, 1.165) is 40.2 Å². The maximum Gasteiger partial charge on any atom is 0.328 e. The Labute approximate surface area is 225 Å². The molecule has 0 spiro atoms. The molecule has 202 valence electrons. The van der Waals surface area contributed by atoms with E-state index in [9.17, 15) is 22.0 Å². The Morgan fingerprint density at radius 1 is 1.05 bits per heavy atom. The molecule has 1 aliphatic rings. The minimum Gasteiger partial charge on any atom is -0.363 e. The summed E-state index contributed by atoms with van der Waals surface area (Å²) < 4.78 is 47.4. The van der Waals surface area contributed by atoms with Gasteiger partial charge >= 0.3 is 6.03 Å². The highest BCUT2D eigenvalue weighted by Crippen LogP contribution is 2.41. The van der Waals surface area contributed by atoms with E-state index in [0.29, 0.717) is 13.0 Å². The molecule has 0 aliphatic carbocycles. The number of anilines is 3. The Kier molecular flexibility index (Phi) is 8.67. The molecule has 2 atom stereocenters. The van der Waals surface area contributed by atoms with Crippen molar-refractivity contribution in [2.75, 3.05) is 16.8 Å². The van der Waals surface area contributed by atoms with E-state index in [1.54, 1.807) is 12.1 Å². The molecule has 1 heterocycles. The first-order chi connectivity index (χ1) is 18.2. The number of urea groups is 1. The summed E-state index contributed by atoms with van der Waals surface area (Å²) in [6, 6.07) is 18.8. The van der Waals surface area contributed by atoms with Gasteiger partial charge in [-0.05, 0) is 65.9 Å². The summed E-state index contributed by atoms with van der Waals surface area (Å²) in [7, 11) is -3.98. The molecule has 0 fully saturated rings. The predicted molar refractivity (Wildman–Crippen MR) is 149 cm³/mol. The van der Waals surface area contributed by atoms with Crippen LogP contribution in [0.3, 0.4) is 0 Å². The minimum absolute atomic E-state index is 0.0134. The van der Waals surface area contributed by atoms with Crippen LogP contribution < -0.4 is 26.0 Å². The number of nitrogens with one attached hydrogen (secondary N) is 3. The molecule has 2 unspecified atom stereocenters. The van der Waals surface area contributed by atoms with Crippen molar-refractivity contribution in [3.8, 4) is 0 Å². The summed E-state index contributed by atoms with van der Waals surface area (Å²) in [6.07, 6.45) is 1.40. The number of carbonyl (C=O) groups excluding carboxylic acids is 1. The predicted octanol–water partition coefficient (Wildman–Crippen LogP) is 3.40. The summed E-state index contributed by atoms with van der Waals surface area (Å²) in [4.78, 5) is 14.3. The molecule has 6 N–H and O–H groups in total. The van der Waals surface area contributed by atoms with Crippen molar-refractivity contribution in [1.29, 1.82) is 0 Å². The van der Waals surface area contributed by atoms with Gasteiger partial charge in [-0.15, -0.1) is 0 Å².